The summed E-state index contributed by atoms with van der Waals surface area (Å²) in [6, 6.07) is 3.40. The highest BCUT2D eigenvalue weighted by molar-refractivity contribution is 5.97. The SMILES string of the molecule is CC1(C(=O)N2CCN(c3ncccc3C(N)=O)CC2)CCCCN1.Cl.Cl. The number of nitrogens with two attached hydrogens (primary N) is 1. The van der Waals surface area contributed by atoms with E-state index in [1.165, 1.54) is 0 Å². The number of halogens is 2. The lowest BCUT2D eigenvalue weighted by Gasteiger charge is -2.42. The van der Waals surface area contributed by atoms with Gasteiger partial charge in [-0.05, 0) is 44.9 Å². The number of amides is 2. The van der Waals surface area contributed by atoms with Crippen molar-refractivity contribution in [2.45, 2.75) is 31.7 Å². The van der Waals surface area contributed by atoms with Crippen LogP contribution in [0.1, 0.15) is 36.5 Å². The summed E-state index contributed by atoms with van der Waals surface area (Å²) in [5, 5.41) is 3.38. The molecule has 1 atom stereocenters. The Labute approximate surface area is 166 Å². The van der Waals surface area contributed by atoms with Crippen LogP contribution in [0.3, 0.4) is 0 Å². The number of anilines is 1. The van der Waals surface area contributed by atoms with Gasteiger partial charge in [0.05, 0.1) is 11.1 Å². The van der Waals surface area contributed by atoms with E-state index in [0.717, 1.165) is 25.8 Å². The highest BCUT2D eigenvalue weighted by atomic mass is 35.5. The maximum absolute atomic E-state index is 12.8. The topological polar surface area (TPSA) is 91.6 Å². The van der Waals surface area contributed by atoms with Crippen LogP contribution in [0.5, 0.6) is 0 Å². The number of hydrogen-bond donors (Lipinski definition) is 2. The summed E-state index contributed by atoms with van der Waals surface area (Å²) in [6.45, 7) is 5.47. The molecule has 1 aromatic heterocycles. The standard InChI is InChI=1S/C17H25N5O2.2ClH/c1-17(6-2-3-8-20-17)16(24)22-11-9-21(10-12-22)15-13(14(18)23)5-4-7-19-15;;/h4-5,7,20H,2-3,6,8-12H2,1H3,(H2,18,23);2*1H. The molecule has 0 radical (unpaired) electrons. The van der Waals surface area contributed by atoms with Gasteiger partial charge in [-0.3, -0.25) is 9.59 Å². The fourth-order valence-corrected chi connectivity index (χ4v) is 3.55. The maximum atomic E-state index is 12.8. The Morgan fingerprint density at radius 3 is 2.46 bits per heavy atom. The minimum atomic E-state index is -0.476. The van der Waals surface area contributed by atoms with Crippen LogP contribution < -0.4 is 16.0 Å². The van der Waals surface area contributed by atoms with Gasteiger partial charge in [-0.1, -0.05) is 0 Å². The van der Waals surface area contributed by atoms with Crippen LogP contribution in [0, 0.1) is 0 Å². The van der Waals surface area contributed by atoms with Gasteiger partial charge in [0.1, 0.15) is 5.82 Å². The predicted molar refractivity (Wildman–Crippen MR) is 106 cm³/mol. The number of carbonyl (C=O) groups is 2. The lowest BCUT2D eigenvalue weighted by atomic mass is 9.89. The van der Waals surface area contributed by atoms with E-state index in [2.05, 4.69) is 10.3 Å². The van der Waals surface area contributed by atoms with Crippen molar-refractivity contribution in [1.29, 1.82) is 0 Å². The third-order valence-electron chi connectivity index (χ3n) is 5.01. The highest BCUT2D eigenvalue weighted by Crippen LogP contribution is 2.23. The molecule has 26 heavy (non-hydrogen) atoms. The van der Waals surface area contributed by atoms with Gasteiger partial charge < -0.3 is 20.9 Å². The van der Waals surface area contributed by atoms with E-state index in [1.807, 2.05) is 16.7 Å². The molecule has 1 aromatic rings. The molecule has 2 amide bonds. The first-order chi connectivity index (χ1) is 11.5. The molecule has 3 N–H and O–H groups in total. The molecule has 2 saturated heterocycles. The molecule has 2 fully saturated rings. The molecule has 0 saturated carbocycles. The molecule has 3 rings (SSSR count). The fourth-order valence-electron chi connectivity index (χ4n) is 3.55. The summed E-state index contributed by atoms with van der Waals surface area (Å²) in [4.78, 5) is 32.7. The summed E-state index contributed by atoms with van der Waals surface area (Å²) in [5.74, 6) is 0.313. The number of carbonyl (C=O) groups excluding carboxylic acids is 2. The largest absolute Gasteiger partial charge is 0.365 e. The summed E-state index contributed by atoms with van der Waals surface area (Å²) >= 11 is 0. The monoisotopic (exact) mass is 403 g/mol. The number of nitrogens with zero attached hydrogens (tertiary/aromatic N) is 3. The number of pyridine rings is 1. The van der Waals surface area contributed by atoms with E-state index in [1.54, 1.807) is 18.3 Å². The molecule has 146 valence electrons. The number of aromatic nitrogens is 1. The maximum Gasteiger partial charge on any atom is 0.252 e. The van der Waals surface area contributed by atoms with Gasteiger partial charge >= 0.3 is 0 Å². The lowest BCUT2D eigenvalue weighted by molar-refractivity contribution is -0.139. The molecule has 0 aromatic carbocycles. The number of nitrogens with one attached hydrogen (secondary N) is 1. The van der Waals surface area contributed by atoms with Crippen LogP contribution in [0.25, 0.3) is 0 Å². The van der Waals surface area contributed by atoms with Crippen LogP contribution in [-0.2, 0) is 4.79 Å². The van der Waals surface area contributed by atoms with E-state index < -0.39 is 11.4 Å². The zero-order valence-corrected chi connectivity index (χ0v) is 16.6. The summed E-state index contributed by atoms with van der Waals surface area (Å²) < 4.78 is 0. The second kappa shape index (κ2) is 9.39. The molecule has 7 nitrogen and oxygen atoms in total. The minimum absolute atomic E-state index is 0. The summed E-state index contributed by atoms with van der Waals surface area (Å²) in [6.07, 6.45) is 4.77. The van der Waals surface area contributed by atoms with E-state index in [0.29, 0.717) is 37.6 Å². The van der Waals surface area contributed by atoms with E-state index in [-0.39, 0.29) is 30.7 Å². The number of piperazine rings is 1. The van der Waals surface area contributed by atoms with Gasteiger partial charge in [0.2, 0.25) is 5.91 Å². The van der Waals surface area contributed by atoms with Gasteiger partial charge in [-0.2, -0.15) is 0 Å². The van der Waals surface area contributed by atoms with Gasteiger partial charge in [-0.25, -0.2) is 4.98 Å². The first-order valence-electron chi connectivity index (χ1n) is 8.55. The predicted octanol–water partition coefficient (Wildman–Crippen LogP) is 1.20. The number of primary amides is 1. The Morgan fingerprint density at radius 1 is 1.19 bits per heavy atom. The van der Waals surface area contributed by atoms with Crippen molar-refractivity contribution in [3.63, 3.8) is 0 Å². The van der Waals surface area contributed by atoms with Crippen LogP contribution in [0.2, 0.25) is 0 Å². The summed E-state index contributed by atoms with van der Waals surface area (Å²) in [7, 11) is 0. The fraction of sp³-hybridized carbons (Fsp3) is 0.588. The third kappa shape index (κ3) is 4.58. The van der Waals surface area contributed by atoms with Crippen molar-refractivity contribution in [3.05, 3.63) is 23.9 Å². The Hall–Kier alpha value is -1.57. The minimum Gasteiger partial charge on any atom is -0.365 e. The molecular weight excluding hydrogens is 377 g/mol. The molecule has 1 unspecified atom stereocenters. The van der Waals surface area contributed by atoms with Crippen LogP contribution in [0.4, 0.5) is 5.82 Å². The number of piperidine rings is 1. The lowest BCUT2D eigenvalue weighted by Crippen LogP contribution is -2.61. The highest BCUT2D eigenvalue weighted by Gasteiger charge is 2.38. The van der Waals surface area contributed by atoms with Gasteiger partial charge in [0.15, 0.2) is 0 Å². The van der Waals surface area contributed by atoms with Gasteiger partial charge in [0, 0.05) is 32.4 Å². The quantitative estimate of drug-likeness (QED) is 0.790. The van der Waals surface area contributed by atoms with Crippen molar-refractivity contribution < 1.29 is 9.59 Å². The van der Waals surface area contributed by atoms with Gasteiger partial charge in [0.25, 0.3) is 5.91 Å². The number of rotatable bonds is 3. The van der Waals surface area contributed by atoms with E-state index >= 15 is 0 Å². The normalized spacial score (nSPS) is 22.8. The average molecular weight is 404 g/mol. The Kier molecular flexibility index (Phi) is 8.12. The molecule has 0 bridgehead atoms. The number of hydrogen-bond acceptors (Lipinski definition) is 5. The van der Waals surface area contributed by atoms with Crippen molar-refractivity contribution >= 4 is 42.4 Å². The molecule has 0 aliphatic carbocycles. The molecule has 0 spiro atoms. The molecular formula is C17H27Cl2N5O2. The smallest absolute Gasteiger partial charge is 0.252 e. The summed E-state index contributed by atoms with van der Waals surface area (Å²) in [5.41, 5.74) is 5.42. The van der Waals surface area contributed by atoms with Gasteiger partial charge in [-0.15, -0.1) is 24.8 Å². The third-order valence-corrected chi connectivity index (χ3v) is 5.01. The Balaban J connectivity index is 0.00000169. The zero-order valence-electron chi connectivity index (χ0n) is 14.9. The molecule has 2 aliphatic heterocycles. The second-order valence-electron chi connectivity index (χ2n) is 6.73. The van der Waals surface area contributed by atoms with E-state index in [4.69, 9.17) is 5.73 Å². The van der Waals surface area contributed by atoms with Crippen molar-refractivity contribution in [3.8, 4) is 0 Å². The van der Waals surface area contributed by atoms with E-state index in [9.17, 15) is 9.59 Å². The Morgan fingerprint density at radius 2 is 1.88 bits per heavy atom. The first-order valence-corrected chi connectivity index (χ1v) is 8.55. The molecule has 3 heterocycles. The van der Waals surface area contributed by atoms with Crippen LogP contribution >= 0.6 is 24.8 Å². The average Bonchev–Trinajstić information content (AvgIpc) is 2.62. The first kappa shape index (κ1) is 22.5. The van der Waals surface area contributed by atoms with Crippen molar-refractivity contribution in [2.24, 2.45) is 5.73 Å². The Bertz CT molecular complexity index is 629. The second-order valence-corrected chi connectivity index (χ2v) is 6.73. The molecule has 2 aliphatic rings. The molecule has 9 heteroatoms. The van der Waals surface area contributed by atoms with Crippen LogP contribution in [-0.4, -0.2) is 60.0 Å². The van der Waals surface area contributed by atoms with Crippen molar-refractivity contribution in [2.75, 3.05) is 37.6 Å². The van der Waals surface area contributed by atoms with Crippen LogP contribution in [0.15, 0.2) is 18.3 Å². The van der Waals surface area contributed by atoms with Crippen molar-refractivity contribution in [1.82, 2.24) is 15.2 Å². The zero-order chi connectivity index (χ0) is 17.2.